The van der Waals surface area contributed by atoms with E-state index in [2.05, 4.69) is 16.9 Å². The lowest BCUT2D eigenvalue weighted by Crippen LogP contribution is -2.40. The normalized spacial score (nSPS) is 23.3. The Balaban J connectivity index is 1.57. The van der Waals surface area contributed by atoms with Gasteiger partial charge in [0.25, 0.3) is 0 Å². The topological polar surface area (TPSA) is 41.1 Å². The number of hydrogen-bond acceptors (Lipinski definition) is 3. The van der Waals surface area contributed by atoms with Crippen LogP contribution in [-0.2, 0) is 4.79 Å². The summed E-state index contributed by atoms with van der Waals surface area (Å²) >= 11 is 1.89. The van der Waals surface area contributed by atoms with Gasteiger partial charge in [0.1, 0.15) is 0 Å². The molecule has 0 spiro atoms. The summed E-state index contributed by atoms with van der Waals surface area (Å²) in [5, 5.41) is 6.38. The van der Waals surface area contributed by atoms with E-state index in [9.17, 15) is 4.79 Å². The minimum atomic E-state index is 0.159. The highest BCUT2D eigenvalue weighted by Gasteiger charge is 2.41. The fraction of sp³-hybridized carbons (Fsp3) is 0.917. The van der Waals surface area contributed by atoms with Gasteiger partial charge in [0.15, 0.2) is 0 Å². The van der Waals surface area contributed by atoms with Crippen LogP contribution in [0.2, 0.25) is 0 Å². The first-order chi connectivity index (χ1) is 7.74. The number of nitrogens with one attached hydrogen (secondary N) is 2. The summed E-state index contributed by atoms with van der Waals surface area (Å²) < 4.78 is 0.378. The van der Waals surface area contributed by atoms with Gasteiger partial charge in [0, 0.05) is 17.3 Å². The van der Waals surface area contributed by atoms with Crippen molar-refractivity contribution >= 4 is 17.7 Å². The van der Waals surface area contributed by atoms with Crippen LogP contribution in [0, 0.1) is 0 Å². The maximum Gasteiger partial charge on any atom is 0.234 e. The molecule has 0 heterocycles. The fourth-order valence-corrected chi connectivity index (χ4v) is 3.01. The molecule has 2 fully saturated rings. The van der Waals surface area contributed by atoms with Crippen LogP contribution in [-0.4, -0.2) is 36.0 Å². The van der Waals surface area contributed by atoms with Gasteiger partial charge in [-0.3, -0.25) is 4.79 Å². The van der Waals surface area contributed by atoms with E-state index in [4.69, 9.17) is 0 Å². The van der Waals surface area contributed by atoms with Crippen molar-refractivity contribution in [2.24, 2.45) is 0 Å². The quantitative estimate of drug-likeness (QED) is 0.742. The number of carbonyl (C=O) groups excluding carboxylic acids is 1. The van der Waals surface area contributed by atoms with Crippen molar-refractivity contribution in [1.82, 2.24) is 10.6 Å². The Kier molecular flexibility index (Phi) is 4.14. The van der Waals surface area contributed by atoms with Crippen LogP contribution in [0.15, 0.2) is 0 Å². The largest absolute Gasteiger partial charge is 0.354 e. The molecule has 1 amide bonds. The van der Waals surface area contributed by atoms with Gasteiger partial charge in [0.2, 0.25) is 5.91 Å². The lowest BCUT2D eigenvalue weighted by atomic mass is 10.2. The molecule has 16 heavy (non-hydrogen) atoms. The molecule has 0 unspecified atom stereocenters. The smallest absolute Gasteiger partial charge is 0.234 e. The minimum Gasteiger partial charge on any atom is -0.354 e. The molecule has 2 rings (SSSR count). The Morgan fingerprint density at radius 1 is 1.38 bits per heavy atom. The van der Waals surface area contributed by atoms with Crippen LogP contribution >= 0.6 is 11.8 Å². The summed E-state index contributed by atoms with van der Waals surface area (Å²) in [4.78, 5) is 11.6. The highest BCUT2D eigenvalue weighted by atomic mass is 32.2. The molecule has 0 saturated heterocycles. The molecule has 0 aromatic heterocycles. The Bertz CT molecular complexity index is 247. The van der Waals surface area contributed by atoms with Crippen molar-refractivity contribution in [3.05, 3.63) is 0 Å². The zero-order chi connectivity index (χ0) is 11.4. The lowest BCUT2D eigenvalue weighted by molar-refractivity contribution is -0.120. The fourth-order valence-electron chi connectivity index (χ4n) is 2.28. The zero-order valence-corrected chi connectivity index (χ0v) is 10.9. The molecule has 0 aliphatic heterocycles. The summed E-state index contributed by atoms with van der Waals surface area (Å²) in [6.07, 6.45) is 9.75. The van der Waals surface area contributed by atoms with Crippen LogP contribution in [0.3, 0.4) is 0 Å². The first-order valence-electron chi connectivity index (χ1n) is 6.29. The van der Waals surface area contributed by atoms with Crippen LogP contribution in [0.5, 0.6) is 0 Å². The predicted octanol–water partition coefficient (Wildman–Crippen LogP) is 1.53. The average molecular weight is 242 g/mol. The number of rotatable bonds is 6. The van der Waals surface area contributed by atoms with E-state index in [1.165, 1.54) is 38.5 Å². The van der Waals surface area contributed by atoms with E-state index in [1.54, 1.807) is 0 Å². The highest BCUT2D eigenvalue weighted by molar-refractivity contribution is 8.00. The standard InChI is InChI=1S/C12H22N2OS/c1-16-12(6-7-12)9-14-11(15)8-13-10-4-2-3-5-10/h10,13H,2-9H2,1H3,(H,14,15). The number of thioether (sulfide) groups is 1. The summed E-state index contributed by atoms with van der Waals surface area (Å²) in [5.41, 5.74) is 0. The monoisotopic (exact) mass is 242 g/mol. The number of carbonyl (C=O) groups is 1. The van der Waals surface area contributed by atoms with Crippen LogP contribution in [0.4, 0.5) is 0 Å². The van der Waals surface area contributed by atoms with Gasteiger partial charge < -0.3 is 10.6 Å². The molecule has 0 bridgehead atoms. The van der Waals surface area contributed by atoms with Crippen LogP contribution in [0.1, 0.15) is 38.5 Å². The molecule has 0 aromatic carbocycles. The molecule has 3 nitrogen and oxygen atoms in total. The van der Waals surface area contributed by atoms with Gasteiger partial charge in [-0.2, -0.15) is 11.8 Å². The molecule has 92 valence electrons. The van der Waals surface area contributed by atoms with Gasteiger partial charge >= 0.3 is 0 Å². The Labute approximate surface area is 102 Å². The van der Waals surface area contributed by atoms with E-state index in [0.717, 1.165) is 6.54 Å². The summed E-state index contributed by atoms with van der Waals surface area (Å²) in [6.45, 7) is 1.34. The van der Waals surface area contributed by atoms with Gasteiger partial charge in [-0.15, -0.1) is 0 Å². The first-order valence-corrected chi connectivity index (χ1v) is 7.52. The van der Waals surface area contributed by atoms with Crippen molar-refractivity contribution in [3.63, 3.8) is 0 Å². The van der Waals surface area contributed by atoms with Crippen molar-refractivity contribution in [1.29, 1.82) is 0 Å². The van der Waals surface area contributed by atoms with Crippen LogP contribution in [0.25, 0.3) is 0 Å². The second kappa shape index (κ2) is 5.41. The molecule has 2 saturated carbocycles. The van der Waals surface area contributed by atoms with E-state index in [1.807, 2.05) is 11.8 Å². The maximum absolute atomic E-state index is 11.6. The van der Waals surface area contributed by atoms with Gasteiger partial charge in [-0.25, -0.2) is 0 Å². The Morgan fingerprint density at radius 3 is 2.62 bits per heavy atom. The molecule has 0 radical (unpaired) electrons. The maximum atomic E-state index is 11.6. The van der Waals surface area contributed by atoms with Gasteiger partial charge in [0.05, 0.1) is 6.54 Å². The van der Waals surface area contributed by atoms with Gasteiger partial charge in [-0.05, 0) is 31.9 Å². The minimum absolute atomic E-state index is 0.159. The van der Waals surface area contributed by atoms with E-state index in [-0.39, 0.29) is 5.91 Å². The molecule has 4 heteroatoms. The van der Waals surface area contributed by atoms with E-state index in [0.29, 0.717) is 17.3 Å². The summed E-state index contributed by atoms with van der Waals surface area (Å²) in [5.74, 6) is 0.159. The molecule has 2 aliphatic rings. The first kappa shape index (κ1) is 12.2. The Hall–Kier alpha value is -0.220. The second-order valence-corrected chi connectivity index (χ2v) is 6.30. The van der Waals surface area contributed by atoms with Crippen molar-refractivity contribution in [2.75, 3.05) is 19.3 Å². The SMILES string of the molecule is CSC1(CNC(=O)CNC2CCCC2)CC1. The molecular weight excluding hydrogens is 220 g/mol. The molecule has 2 N–H and O–H groups in total. The number of amides is 1. The average Bonchev–Trinajstić information content (AvgIpc) is 2.90. The molecule has 0 atom stereocenters. The summed E-state index contributed by atoms with van der Waals surface area (Å²) in [6, 6.07) is 0.584. The zero-order valence-electron chi connectivity index (χ0n) is 10.1. The molecule has 2 aliphatic carbocycles. The van der Waals surface area contributed by atoms with Crippen molar-refractivity contribution < 1.29 is 4.79 Å². The predicted molar refractivity (Wildman–Crippen MR) is 68.7 cm³/mol. The lowest BCUT2D eigenvalue weighted by Gasteiger charge is -2.15. The summed E-state index contributed by atoms with van der Waals surface area (Å²) in [7, 11) is 0. The highest BCUT2D eigenvalue weighted by Crippen LogP contribution is 2.46. The molecule has 0 aromatic rings. The Morgan fingerprint density at radius 2 is 2.06 bits per heavy atom. The second-order valence-electron chi connectivity index (χ2n) is 5.03. The molecular formula is C12H22N2OS. The third kappa shape index (κ3) is 3.39. The van der Waals surface area contributed by atoms with E-state index < -0.39 is 0 Å². The third-order valence-electron chi connectivity index (χ3n) is 3.75. The third-order valence-corrected chi connectivity index (χ3v) is 5.17. The van der Waals surface area contributed by atoms with Gasteiger partial charge in [-0.1, -0.05) is 12.8 Å². The van der Waals surface area contributed by atoms with Crippen molar-refractivity contribution in [3.8, 4) is 0 Å². The number of hydrogen-bond donors (Lipinski definition) is 2. The van der Waals surface area contributed by atoms with Crippen molar-refractivity contribution in [2.45, 2.75) is 49.3 Å². The van der Waals surface area contributed by atoms with E-state index >= 15 is 0 Å². The van der Waals surface area contributed by atoms with Crippen LogP contribution < -0.4 is 10.6 Å².